The van der Waals surface area contributed by atoms with Crippen LogP contribution < -0.4 is 11.2 Å². The van der Waals surface area contributed by atoms with Crippen LogP contribution >= 0.6 is 11.6 Å². The molecule has 0 saturated carbocycles. The number of ether oxygens (including phenoxy) is 1. The van der Waals surface area contributed by atoms with Crippen LogP contribution in [0.5, 0.6) is 0 Å². The van der Waals surface area contributed by atoms with Gasteiger partial charge in [-0.3, -0.25) is 0 Å². The van der Waals surface area contributed by atoms with E-state index >= 15 is 0 Å². The first kappa shape index (κ1) is 14.3. The Morgan fingerprint density at radius 3 is 2.82 bits per heavy atom. The van der Waals surface area contributed by atoms with Gasteiger partial charge in [0.05, 0.1) is 6.04 Å². The lowest BCUT2D eigenvalue weighted by Crippen LogP contribution is -2.39. The minimum absolute atomic E-state index is 0.00671. The highest BCUT2D eigenvalue weighted by atomic mass is 35.5. The molecule has 0 bridgehead atoms. The quantitative estimate of drug-likeness (QED) is 0.564. The Kier molecular flexibility index (Phi) is 5.78. The van der Waals surface area contributed by atoms with Crippen molar-refractivity contribution in [3.05, 3.63) is 12.2 Å². The van der Waals surface area contributed by atoms with E-state index in [-0.39, 0.29) is 23.3 Å². The van der Waals surface area contributed by atoms with Crippen molar-refractivity contribution < 1.29 is 4.74 Å². The van der Waals surface area contributed by atoms with E-state index in [1.54, 1.807) is 7.11 Å². The lowest BCUT2D eigenvalue weighted by Gasteiger charge is -2.27. The number of nitrogens with zero attached hydrogens (tertiary/aromatic N) is 1. The fraction of sp³-hybridized carbons (Fsp3) is 0.750. The summed E-state index contributed by atoms with van der Waals surface area (Å²) in [6.45, 7) is 4.73. The highest BCUT2D eigenvalue weighted by molar-refractivity contribution is 6.21. The second-order valence-corrected chi connectivity index (χ2v) is 4.94. The number of hydrogen-bond acceptors (Lipinski definition) is 4. The summed E-state index contributed by atoms with van der Waals surface area (Å²) in [4.78, 5) is 0. The molecule has 17 heavy (non-hydrogen) atoms. The van der Waals surface area contributed by atoms with E-state index in [9.17, 15) is 0 Å². The van der Waals surface area contributed by atoms with Gasteiger partial charge < -0.3 is 15.9 Å². The topological polar surface area (TPSA) is 59.6 Å². The maximum absolute atomic E-state index is 6.45. The van der Waals surface area contributed by atoms with E-state index in [0.29, 0.717) is 12.4 Å². The minimum Gasteiger partial charge on any atom is -0.385 e. The van der Waals surface area contributed by atoms with Gasteiger partial charge >= 0.3 is 0 Å². The van der Waals surface area contributed by atoms with Crippen LogP contribution in [0.1, 0.15) is 20.3 Å². The van der Waals surface area contributed by atoms with E-state index in [2.05, 4.69) is 23.5 Å². The van der Waals surface area contributed by atoms with E-state index in [1.165, 1.54) is 0 Å². The summed E-state index contributed by atoms with van der Waals surface area (Å²) in [5, 5.41) is 4.09. The Morgan fingerprint density at radius 1 is 1.65 bits per heavy atom. The Hall–Kier alpha value is -0.740. The van der Waals surface area contributed by atoms with Crippen LogP contribution in [-0.2, 0) is 4.74 Å². The van der Waals surface area contributed by atoms with Crippen molar-refractivity contribution in [1.82, 2.24) is 5.43 Å². The number of halogens is 1. The minimum atomic E-state index is 0.00671. The molecule has 1 aliphatic heterocycles. The molecule has 5 heteroatoms. The van der Waals surface area contributed by atoms with Gasteiger partial charge in [0.2, 0.25) is 0 Å². The molecule has 4 unspecified atom stereocenters. The molecule has 0 aromatic heterocycles. The van der Waals surface area contributed by atoms with Crippen LogP contribution in [0, 0.1) is 11.8 Å². The molecule has 98 valence electrons. The number of methoxy groups -OCH3 is 1. The van der Waals surface area contributed by atoms with E-state index in [4.69, 9.17) is 22.1 Å². The molecule has 0 saturated heterocycles. The van der Waals surface area contributed by atoms with Crippen LogP contribution in [0.25, 0.3) is 0 Å². The first-order valence-corrected chi connectivity index (χ1v) is 6.39. The molecule has 1 heterocycles. The van der Waals surface area contributed by atoms with Crippen LogP contribution in [0.3, 0.4) is 0 Å². The van der Waals surface area contributed by atoms with Gasteiger partial charge in [0.15, 0.2) is 0 Å². The number of nitrogens with two attached hydrogens (primary N) is 1. The zero-order valence-electron chi connectivity index (χ0n) is 10.7. The molecule has 0 aromatic carbocycles. The monoisotopic (exact) mass is 259 g/mol. The molecule has 0 fully saturated rings. The third kappa shape index (κ3) is 3.61. The predicted molar refractivity (Wildman–Crippen MR) is 72.1 cm³/mol. The van der Waals surface area contributed by atoms with Gasteiger partial charge in [-0.15, -0.1) is 11.6 Å². The van der Waals surface area contributed by atoms with Crippen LogP contribution in [0.2, 0.25) is 0 Å². The molecule has 4 atom stereocenters. The Labute approximate surface area is 108 Å². The predicted octanol–water partition coefficient (Wildman–Crippen LogP) is 1.70. The Balaban J connectivity index is 2.74. The SMILES string of the molecule is C/C=C\C(C(Cl)CCOC)C1C(N)=NNC1C. The molecule has 0 aromatic rings. The van der Waals surface area contributed by atoms with E-state index < -0.39 is 0 Å². The molecule has 0 spiro atoms. The van der Waals surface area contributed by atoms with Crippen molar-refractivity contribution in [2.75, 3.05) is 13.7 Å². The standard InChI is InChI=1S/C12H22ClN3O/c1-4-5-9(10(13)6-7-17-3)11-8(2)15-16-12(11)14/h4-5,8-11,15H,6-7H2,1-3H3,(H2,14,16)/b5-4-. The van der Waals surface area contributed by atoms with Crippen molar-refractivity contribution in [3.63, 3.8) is 0 Å². The third-order valence-electron chi connectivity index (χ3n) is 3.12. The lowest BCUT2D eigenvalue weighted by atomic mass is 9.83. The van der Waals surface area contributed by atoms with E-state index in [0.717, 1.165) is 6.42 Å². The number of rotatable bonds is 6. The Bertz CT molecular complexity index is 293. The second-order valence-electron chi connectivity index (χ2n) is 4.38. The zero-order chi connectivity index (χ0) is 12.8. The number of alkyl halides is 1. The molecule has 1 aliphatic rings. The second kappa shape index (κ2) is 6.87. The van der Waals surface area contributed by atoms with Gasteiger partial charge in [-0.25, -0.2) is 0 Å². The molecule has 3 N–H and O–H groups in total. The lowest BCUT2D eigenvalue weighted by molar-refractivity contribution is 0.187. The summed E-state index contributed by atoms with van der Waals surface area (Å²) >= 11 is 6.45. The van der Waals surface area contributed by atoms with Crippen molar-refractivity contribution in [3.8, 4) is 0 Å². The molecular formula is C12H22ClN3O. The van der Waals surface area contributed by atoms with Gasteiger partial charge in [-0.1, -0.05) is 12.2 Å². The first-order chi connectivity index (χ1) is 8.11. The van der Waals surface area contributed by atoms with Crippen LogP contribution in [0.15, 0.2) is 17.3 Å². The summed E-state index contributed by atoms with van der Waals surface area (Å²) in [5.41, 5.74) is 8.94. The van der Waals surface area contributed by atoms with Gasteiger partial charge in [0, 0.05) is 30.9 Å². The molecule has 0 amide bonds. The van der Waals surface area contributed by atoms with Crippen LogP contribution in [0.4, 0.5) is 0 Å². The number of amidine groups is 1. The highest BCUT2D eigenvalue weighted by Gasteiger charge is 2.36. The summed E-state index contributed by atoms with van der Waals surface area (Å²) in [5.74, 6) is 0.986. The largest absolute Gasteiger partial charge is 0.385 e. The fourth-order valence-corrected chi connectivity index (χ4v) is 2.56. The van der Waals surface area contributed by atoms with E-state index in [1.807, 2.05) is 13.0 Å². The molecular weight excluding hydrogens is 238 g/mol. The fourth-order valence-electron chi connectivity index (χ4n) is 2.23. The van der Waals surface area contributed by atoms with Crippen molar-refractivity contribution >= 4 is 17.4 Å². The first-order valence-electron chi connectivity index (χ1n) is 5.96. The smallest absolute Gasteiger partial charge is 0.125 e. The number of hydrogen-bond donors (Lipinski definition) is 2. The zero-order valence-corrected chi connectivity index (χ0v) is 11.4. The maximum atomic E-state index is 6.45. The Morgan fingerprint density at radius 2 is 2.35 bits per heavy atom. The number of hydrazone groups is 1. The summed E-state index contributed by atoms with van der Waals surface area (Å²) < 4.78 is 5.07. The average molecular weight is 260 g/mol. The summed E-state index contributed by atoms with van der Waals surface area (Å²) in [7, 11) is 1.68. The average Bonchev–Trinajstić information content (AvgIpc) is 2.63. The number of nitrogens with one attached hydrogen (secondary N) is 1. The normalized spacial score (nSPS) is 27.9. The van der Waals surface area contributed by atoms with Crippen LogP contribution in [-0.4, -0.2) is 31.0 Å². The molecule has 4 nitrogen and oxygen atoms in total. The van der Waals surface area contributed by atoms with Gasteiger partial charge in [0.1, 0.15) is 5.84 Å². The van der Waals surface area contributed by atoms with Gasteiger partial charge in [-0.2, -0.15) is 5.10 Å². The van der Waals surface area contributed by atoms with Gasteiger partial charge in [-0.05, 0) is 20.3 Å². The third-order valence-corrected chi connectivity index (χ3v) is 3.63. The van der Waals surface area contributed by atoms with Gasteiger partial charge in [0.25, 0.3) is 0 Å². The number of allylic oxidation sites excluding steroid dienone is 2. The van der Waals surface area contributed by atoms with Crippen molar-refractivity contribution in [1.29, 1.82) is 0 Å². The summed E-state index contributed by atoms with van der Waals surface area (Å²) in [6.07, 6.45) is 4.94. The molecule has 0 aliphatic carbocycles. The molecule has 0 radical (unpaired) electrons. The van der Waals surface area contributed by atoms with Crippen molar-refractivity contribution in [2.45, 2.75) is 31.7 Å². The highest BCUT2D eigenvalue weighted by Crippen LogP contribution is 2.29. The summed E-state index contributed by atoms with van der Waals surface area (Å²) in [6, 6.07) is 0.222. The maximum Gasteiger partial charge on any atom is 0.125 e. The van der Waals surface area contributed by atoms with Crippen molar-refractivity contribution in [2.24, 2.45) is 22.7 Å². The molecule has 1 rings (SSSR count).